The highest BCUT2D eigenvalue weighted by Gasteiger charge is 2.23. The Labute approximate surface area is 98.4 Å². The van der Waals surface area contributed by atoms with E-state index in [4.69, 9.17) is 9.63 Å². The maximum absolute atomic E-state index is 11.0. The molecule has 1 N–H and O–H groups in total. The summed E-state index contributed by atoms with van der Waals surface area (Å²) >= 11 is 0. The zero-order valence-electron chi connectivity index (χ0n) is 9.74. The lowest BCUT2D eigenvalue weighted by atomic mass is 10.4. The molecule has 1 unspecified atom stereocenters. The van der Waals surface area contributed by atoms with Gasteiger partial charge >= 0.3 is 19.8 Å². The zero-order chi connectivity index (χ0) is 13.5. The molecule has 2 atom stereocenters. The van der Waals surface area contributed by atoms with Gasteiger partial charge in [0.1, 0.15) is 6.61 Å². The topological polar surface area (TPSA) is 108 Å². The Kier molecular flexibility index (Phi) is 6.98. The summed E-state index contributed by atoms with van der Waals surface area (Å²) in [4.78, 5) is 30.2. The molecule has 0 amide bonds. The second-order valence-electron chi connectivity index (χ2n) is 2.98. The Hall–Kier alpha value is -0.950. The first-order valence-electron chi connectivity index (χ1n) is 4.60. The van der Waals surface area contributed by atoms with E-state index in [0.29, 0.717) is 0 Å². The van der Waals surface area contributed by atoms with E-state index in [9.17, 15) is 14.2 Å². The number of esters is 2. The Morgan fingerprint density at radius 3 is 2.24 bits per heavy atom. The van der Waals surface area contributed by atoms with Crippen LogP contribution in [0.2, 0.25) is 0 Å². The number of phosphoric acid groups is 1. The van der Waals surface area contributed by atoms with Crippen LogP contribution in [0.1, 0.15) is 13.8 Å². The molecule has 0 radical (unpaired) electrons. The minimum atomic E-state index is -4.15. The Morgan fingerprint density at radius 1 is 1.24 bits per heavy atom. The summed E-state index contributed by atoms with van der Waals surface area (Å²) in [7, 11) is -3.16. The van der Waals surface area contributed by atoms with E-state index in [0.717, 1.165) is 14.0 Å². The number of carbonyl (C=O) groups excluding carboxylic acids is 2. The molecule has 0 saturated heterocycles. The third kappa shape index (κ3) is 8.82. The lowest BCUT2D eigenvalue weighted by molar-refractivity contribution is -0.158. The maximum Gasteiger partial charge on any atom is 0.472 e. The van der Waals surface area contributed by atoms with Crippen LogP contribution in [0, 0.1) is 0 Å². The van der Waals surface area contributed by atoms with E-state index in [-0.39, 0.29) is 6.61 Å². The van der Waals surface area contributed by atoms with Crippen LogP contribution in [0.5, 0.6) is 0 Å². The van der Waals surface area contributed by atoms with Crippen molar-refractivity contribution in [2.75, 3.05) is 20.3 Å². The van der Waals surface area contributed by atoms with Crippen molar-refractivity contribution in [3.8, 4) is 0 Å². The monoisotopic (exact) mass is 270 g/mol. The van der Waals surface area contributed by atoms with Gasteiger partial charge in [0.05, 0.1) is 6.61 Å². The summed E-state index contributed by atoms with van der Waals surface area (Å²) in [6.07, 6.45) is -0.966. The molecule has 0 rings (SSSR count). The first-order chi connectivity index (χ1) is 7.76. The predicted octanol–water partition coefficient (Wildman–Crippen LogP) is 0.245. The van der Waals surface area contributed by atoms with Crippen molar-refractivity contribution in [3.63, 3.8) is 0 Å². The summed E-state index contributed by atoms with van der Waals surface area (Å²) in [6.45, 7) is 1.64. The normalized spacial score (nSPS) is 15.8. The largest absolute Gasteiger partial charge is 0.472 e. The van der Waals surface area contributed by atoms with Crippen LogP contribution in [-0.4, -0.2) is 43.3 Å². The Morgan fingerprint density at radius 2 is 1.82 bits per heavy atom. The van der Waals surface area contributed by atoms with Gasteiger partial charge in [0.2, 0.25) is 0 Å². The summed E-state index contributed by atoms with van der Waals surface area (Å²) in [5.41, 5.74) is 0. The highest BCUT2D eigenvalue weighted by atomic mass is 31.2. The molecule has 0 spiro atoms. The number of rotatable bonds is 7. The van der Waals surface area contributed by atoms with Gasteiger partial charge in [-0.3, -0.25) is 18.6 Å². The molecule has 0 aromatic heterocycles. The van der Waals surface area contributed by atoms with E-state index in [1.807, 2.05) is 0 Å². The summed E-state index contributed by atoms with van der Waals surface area (Å²) in [6, 6.07) is 0. The first kappa shape index (κ1) is 16.1. The maximum atomic E-state index is 11.0. The van der Waals surface area contributed by atoms with Crippen molar-refractivity contribution < 1.29 is 37.6 Å². The van der Waals surface area contributed by atoms with Gasteiger partial charge in [0.15, 0.2) is 6.10 Å². The van der Waals surface area contributed by atoms with Crippen molar-refractivity contribution in [1.29, 1.82) is 0 Å². The summed E-state index contributed by atoms with van der Waals surface area (Å²) in [5, 5.41) is 0. The molecule has 0 aliphatic rings. The van der Waals surface area contributed by atoms with E-state index >= 15 is 0 Å². The van der Waals surface area contributed by atoms with Gasteiger partial charge in [-0.15, -0.1) is 0 Å². The summed E-state index contributed by atoms with van der Waals surface area (Å²) < 4.78 is 28.9. The lowest BCUT2D eigenvalue weighted by Crippen LogP contribution is -2.28. The second kappa shape index (κ2) is 7.39. The second-order valence-corrected chi connectivity index (χ2v) is 4.54. The molecular weight excluding hydrogens is 255 g/mol. The molecule has 0 bridgehead atoms. The van der Waals surface area contributed by atoms with Crippen LogP contribution >= 0.6 is 7.82 Å². The van der Waals surface area contributed by atoms with Crippen LogP contribution in [-0.2, 0) is 32.7 Å². The molecule has 17 heavy (non-hydrogen) atoms. The van der Waals surface area contributed by atoms with Crippen molar-refractivity contribution in [2.24, 2.45) is 0 Å². The lowest BCUT2D eigenvalue weighted by Gasteiger charge is -2.17. The van der Waals surface area contributed by atoms with Crippen LogP contribution in [0.25, 0.3) is 0 Å². The van der Waals surface area contributed by atoms with Crippen LogP contribution in [0.3, 0.4) is 0 Å². The molecule has 0 aromatic carbocycles. The van der Waals surface area contributed by atoms with Crippen molar-refractivity contribution in [1.82, 2.24) is 0 Å². The van der Waals surface area contributed by atoms with Crippen molar-refractivity contribution in [2.45, 2.75) is 20.0 Å². The molecule has 0 heterocycles. The van der Waals surface area contributed by atoms with Crippen LogP contribution < -0.4 is 0 Å². The molecule has 0 saturated carbocycles. The molecule has 100 valence electrons. The molecule has 0 aromatic rings. The van der Waals surface area contributed by atoms with Gasteiger partial charge < -0.3 is 14.4 Å². The first-order valence-corrected chi connectivity index (χ1v) is 6.10. The number of ether oxygens (including phenoxy) is 2. The van der Waals surface area contributed by atoms with Crippen molar-refractivity contribution >= 4 is 19.8 Å². The van der Waals surface area contributed by atoms with Gasteiger partial charge in [-0.05, 0) is 0 Å². The Bertz CT molecular complexity index is 315. The molecule has 9 heteroatoms. The average Bonchev–Trinajstić information content (AvgIpc) is 2.21. The minimum absolute atomic E-state index is 0.265. The van der Waals surface area contributed by atoms with Gasteiger partial charge in [-0.1, -0.05) is 0 Å². The highest BCUT2D eigenvalue weighted by molar-refractivity contribution is 7.47. The number of carbonyl (C=O) groups is 2. The smallest absolute Gasteiger partial charge is 0.462 e. The van der Waals surface area contributed by atoms with Gasteiger partial charge in [0, 0.05) is 21.0 Å². The minimum Gasteiger partial charge on any atom is -0.462 e. The van der Waals surface area contributed by atoms with Gasteiger partial charge in [-0.25, -0.2) is 4.57 Å². The van der Waals surface area contributed by atoms with E-state index in [1.165, 1.54) is 6.92 Å². The fourth-order valence-corrected chi connectivity index (χ4v) is 1.25. The third-order valence-corrected chi connectivity index (χ3v) is 2.40. The quantitative estimate of drug-likeness (QED) is 0.517. The fourth-order valence-electron chi connectivity index (χ4n) is 0.791. The number of hydrogen-bond donors (Lipinski definition) is 1. The average molecular weight is 270 g/mol. The van der Waals surface area contributed by atoms with Crippen LogP contribution in [0.4, 0.5) is 0 Å². The molecule has 8 nitrogen and oxygen atoms in total. The zero-order valence-corrected chi connectivity index (χ0v) is 10.6. The van der Waals surface area contributed by atoms with Crippen molar-refractivity contribution in [3.05, 3.63) is 0 Å². The highest BCUT2D eigenvalue weighted by Crippen LogP contribution is 2.41. The van der Waals surface area contributed by atoms with Crippen LogP contribution in [0.15, 0.2) is 0 Å². The molecule has 0 fully saturated rings. The SMILES string of the molecule is COP(=O)(O)OC[C@H](COC(C)=O)OC(C)=O. The molecule has 0 aliphatic carbocycles. The summed E-state index contributed by atoms with van der Waals surface area (Å²) in [5.74, 6) is -1.20. The molecule has 0 aliphatic heterocycles. The van der Waals surface area contributed by atoms with E-state index in [2.05, 4.69) is 13.8 Å². The fraction of sp³-hybridized carbons (Fsp3) is 0.750. The standard InChI is InChI=1S/C8H15O8P/c1-6(9)14-4-8(16-7(2)10)5-15-17(11,12)13-3/h8H,4-5H2,1-3H3,(H,11,12)/t8-/m0/s1. The van der Waals surface area contributed by atoms with Gasteiger partial charge in [-0.2, -0.15) is 0 Å². The van der Waals surface area contributed by atoms with E-state index < -0.39 is 32.5 Å². The third-order valence-electron chi connectivity index (χ3n) is 1.46. The Balaban J connectivity index is 4.23. The number of phosphoric ester groups is 1. The predicted molar refractivity (Wildman–Crippen MR) is 55.0 cm³/mol. The van der Waals surface area contributed by atoms with E-state index in [1.54, 1.807) is 0 Å². The molecular formula is C8H15O8P. The van der Waals surface area contributed by atoms with Gasteiger partial charge in [0.25, 0.3) is 0 Å². The number of hydrogen-bond acceptors (Lipinski definition) is 7.